The number of carbonyl (C=O) groups excluding carboxylic acids is 1. The van der Waals surface area contributed by atoms with E-state index in [0.717, 1.165) is 24.8 Å². The van der Waals surface area contributed by atoms with Gasteiger partial charge < -0.3 is 10.1 Å². The van der Waals surface area contributed by atoms with E-state index in [1.807, 2.05) is 12.1 Å². The molecule has 1 N–H and O–H groups in total. The Labute approximate surface area is 180 Å². The summed E-state index contributed by atoms with van der Waals surface area (Å²) in [5.41, 5.74) is 1.17. The summed E-state index contributed by atoms with van der Waals surface area (Å²) >= 11 is 0. The van der Waals surface area contributed by atoms with E-state index in [0.29, 0.717) is 35.7 Å². The van der Waals surface area contributed by atoms with E-state index in [4.69, 9.17) is 4.74 Å². The number of hydrogen-bond acceptors (Lipinski definition) is 4. The van der Waals surface area contributed by atoms with Crippen LogP contribution in [0.3, 0.4) is 0 Å². The van der Waals surface area contributed by atoms with Crippen LogP contribution in [0.4, 0.5) is 0 Å². The minimum atomic E-state index is -3.21. The standard InChI is InChI=1S/C24H35NO4S/c1-15(2)12-20(26)25-22-23(3,4)17-13-19-21(29-11-10-24(19,22)14-17)16-6-8-18(9-7-16)30(5,27)28/h6-9,15,17,19,21-22H,10-14H2,1-5H3,(H,25,26)/t17-,19-,21-,22+,24?/m1/s1. The van der Waals surface area contributed by atoms with E-state index >= 15 is 0 Å². The highest BCUT2D eigenvalue weighted by atomic mass is 32.2. The lowest BCUT2D eigenvalue weighted by Gasteiger charge is -2.53. The third-order valence-corrected chi connectivity index (χ3v) is 9.17. The normalized spacial score (nSPS) is 34.7. The maximum atomic E-state index is 12.7. The van der Waals surface area contributed by atoms with Crippen molar-refractivity contribution in [1.82, 2.24) is 5.32 Å². The summed E-state index contributed by atoms with van der Waals surface area (Å²) in [6.07, 6.45) is 4.96. The predicted octanol–water partition coefficient (Wildman–Crippen LogP) is 4.13. The molecule has 1 unspecified atom stereocenters. The van der Waals surface area contributed by atoms with Gasteiger partial charge in [-0.2, -0.15) is 0 Å². The fourth-order valence-electron chi connectivity index (χ4n) is 6.61. The molecule has 2 aliphatic carbocycles. The minimum absolute atomic E-state index is 0.0436. The van der Waals surface area contributed by atoms with Crippen molar-refractivity contribution in [2.45, 2.75) is 70.4 Å². The Morgan fingerprint density at radius 2 is 1.90 bits per heavy atom. The van der Waals surface area contributed by atoms with Gasteiger partial charge in [-0.3, -0.25) is 4.79 Å². The second-order valence-electron chi connectivity index (χ2n) is 10.8. The predicted molar refractivity (Wildman–Crippen MR) is 117 cm³/mol. The number of fused-ring (bicyclic) bond motifs is 1. The van der Waals surface area contributed by atoms with Gasteiger partial charge in [0.2, 0.25) is 5.91 Å². The van der Waals surface area contributed by atoms with Crippen LogP contribution >= 0.6 is 0 Å². The van der Waals surface area contributed by atoms with Crippen LogP contribution < -0.4 is 5.32 Å². The van der Waals surface area contributed by atoms with Gasteiger partial charge in [0.1, 0.15) is 0 Å². The Morgan fingerprint density at radius 1 is 1.23 bits per heavy atom. The van der Waals surface area contributed by atoms with Crippen LogP contribution in [0.15, 0.2) is 29.2 Å². The largest absolute Gasteiger partial charge is 0.373 e. The molecule has 1 aromatic rings. The minimum Gasteiger partial charge on any atom is -0.373 e. The first-order valence-electron chi connectivity index (χ1n) is 11.2. The van der Waals surface area contributed by atoms with Crippen LogP contribution in [0.25, 0.3) is 0 Å². The first-order valence-corrected chi connectivity index (χ1v) is 13.1. The van der Waals surface area contributed by atoms with Gasteiger partial charge in [-0.15, -0.1) is 0 Å². The van der Waals surface area contributed by atoms with E-state index in [9.17, 15) is 13.2 Å². The van der Waals surface area contributed by atoms with Crippen molar-refractivity contribution in [2.24, 2.45) is 28.6 Å². The van der Waals surface area contributed by atoms with Crippen LogP contribution in [0.5, 0.6) is 0 Å². The molecule has 1 heterocycles. The second kappa shape index (κ2) is 7.33. The highest BCUT2D eigenvalue weighted by molar-refractivity contribution is 7.90. The quantitative estimate of drug-likeness (QED) is 0.758. The molecule has 5 atom stereocenters. The van der Waals surface area contributed by atoms with Gasteiger partial charge >= 0.3 is 0 Å². The maximum Gasteiger partial charge on any atom is 0.220 e. The van der Waals surface area contributed by atoms with Crippen LogP contribution in [0, 0.1) is 28.6 Å². The fourth-order valence-corrected chi connectivity index (χ4v) is 7.24. The molecule has 3 aliphatic rings. The number of rotatable bonds is 5. The lowest BCUT2D eigenvalue weighted by atomic mass is 9.59. The Bertz CT molecular complexity index is 921. The van der Waals surface area contributed by atoms with Gasteiger partial charge in [-0.05, 0) is 65.5 Å². The van der Waals surface area contributed by atoms with Crippen LogP contribution in [0.1, 0.15) is 65.0 Å². The van der Waals surface area contributed by atoms with Gasteiger partial charge in [-0.1, -0.05) is 39.8 Å². The number of amides is 1. The number of benzene rings is 1. The molecule has 166 valence electrons. The first kappa shape index (κ1) is 21.8. The molecular weight excluding hydrogens is 398 g/mol. The summed E-state index contributed by atoms with van der Waals surface area (Å²) in [6, 6.07) is 7.34. The van der Waals surface area contributed by atoms with Gasteiger partial charge in [-0.25, -0.2) is 8.42 Å². The molecule has 1 spiro atoms. The molecule has 1 aromatic carbocycles. The Kier molecular flexibility index (Phi) is 5.33. The van der Waals surface area contributed by atoms with Crippen molar-refractivity contribution in [1.29, 1.82) is 0 Å². The van der Waals surface area contributed by atoms with Crippen LogP contribution in [-0.2, 0) is 19.4 Å². The van der Waals surface area contributed by atoms with Gasteiger partial charge in [0.05, 0.1) is 11.0 Å². The van der Waals surface area contributed by atoms with Gasteiger partial charge in [0, 0.05) is 25.3 Å². The summed E-state index contributed by atoms with van der Waals surface area (Å²) in [5, 5.41) is 3.45. The molecule has 4 rings (SSSR count). The zero-order valence-electron chi connectivity index (χ0n) is 18.8. The average molecular weight is 434 g/mol. The van der Waals surface area contributed by atoms with E-state index in [1.54, 1.807) is 12.1 Å². The average Bonchev–Trinajstić information content (AvgIpc) is 3.13. The Hall–Kier alpha value is -1.40. The van der Waals surface area contributed by atoms with Crippen LogP contribution in [-0.4, -0.2) is 33.2 Å². The van der Waals surface area contributed by atoms with Crippen molar-refractivity contribution in [3.8, 4) is 0 Å². The molecule has 5 nitrogen and oxygen atoms in total. The summed E-state index contributed by atoms with van der Waals surface area (Å²) in [6.45, 7) is 9.46. The van der Waals surface area contributed by atoms with E-state index < -0.39 is 9.84 Å². The summed E-state index contributed by atoms with van der Waals surface area (Å²) in [4.78, 5) is 13.1. The molecule has 0 radical (unpaired) electrons. The van der Waals surface area contributed by atoms with Gasteiger partial charge in [0.25, 0.3) is 0 Å². The van der Waals surface area contributed by atoms with Crippen molar-refractivity contribution in [3.05, 3.63) is 29.8 Å². The fraction of sp³-hybridized carbons (Fsp3) is 0.708. The molecule has 0 aromatic heterocycles. The first-order chi connectivity index (χ1) is 13.9. The lowest BCUT2D eigenvalue weighted by molar-refractivity contribution is -0.137. The molecule has 30 heavy (non-hydrogen) atoms. The van der Waals surface area contributed by atoms with Crippen LogP contribution in [0.2, 0.25) is 0 Å². The molecule has 1 amide bonds. The van der Waals surface area contributed by atoms with Crippen molar-refractivity contribution >= 4 is 15.7 Å². The smallest absolute Gasteiger partial charge is 0.220 e. The highest BCUT2D eigenvalue weighted by Gasteiger charge is 2.68. The molecule has 3 fully saturated rings. The zero-order valence-corrected chi connectivity index (χ0v) is 19.6. The maximum absolute atomic E-state index is 12.7. The summed E-state index contributed by atoms with van der Waals surface area (Å²) in [5.74, 6) is 1.41. The molecule has 2 saturated carbocycles. The zero-order chi connectivity index (χ0) is 21.9. The monoisotopic (exact) mass is 433 g/mol. The Balaban J connectivity index is 1.63. The third-order valence-electron chi connectivity index (χ3n) is 8.04. The highest BCUT2D eigenvalue weighted by Crippen LogP contribution is 2.70. The molecule has 1 saturated heterocycles. The number of ether oxygens (including phenoxy) is 1. The SMILES string of the molecule is CC(C)CC(=O)N[C@H]1C(C)(C)[C@@H]2C[C@@H]3[C@@H](c4ccc(S(C)(=O)=O)cc4)OCCC31C2. The number of nitrogens with one attached hydrogen (secondary N) is 1. The lowest BCUT2D eigenvalue weighted by Crippen LogP contribution is -2.59. The topological polar surface area (TPSA) is 72.5 Å². The Morgan fingerprint density at radius 3 is 2.50 bits per heavy atom. The van der Waals surface area contributed by atoms with Crippen molar-refractivity contribution in [2.75, 3.05) is 12.9 Å². The molecular formula is C24H35NO4S. The van der Waals surface area contributed by atoms with Crippen molar-refractivity contribution in [3.63, 3.8) is 0 Å². The van der Waals surface area contributed by atoms with E-state index in [-0.39, 0.29) is 28.9 Å². The number of carbonyl (C=O) groups is 1. The number of hydrogen-bond donors (Lipinski definition) is 1. The van der Waals surface area contributed by atoms with Crippen molar-refractivity contribution < 1.29 is 17.9 Å². The van der Waals surface area contributed by atoms with Gasteiger partial charge in [0.15, 0.2) is 9.84 Å². The van der Waals surface area contributed by atoms with E-state index in [1.165, 1.54) is 6.26 Å². The third kappa shape index (κ3) is 3.50. The summed E-state index contributed by atoms with van der Waals surface area (Å²) < 4.78 is 29.9. The summed E-state index contributed by atoms with van der Waals surface area (Å²) in [7, 11) is -3.21. The van der Waals surface area contributed by atoms with E-state index in [2.05, 4.69) is 33.0 Å². The molecule has 1 aliphatic heterocycles. The second-order valence-corrected chi connectivity index (χ2v) is 12.8. The number of sulfone groups is 1. The molecule has 2 bridgehead atoms. The molecule has 6 heteroatoms.